The Bertz CT molecular complexity index is 558. The number of rotatable bonds is 3. The largest absolute Gasteiger partial charge is 0.336 e. The average Bonchev–Trinajstić information content (AvgIpc) is 3.05. The van der Waals surface area contributed by atoms with Gasteiger partial charge < -0.3 is 10.2 Å². The molecule has 0 saturated carbocycles. The molecule has 2 aliphatic heterocycles. The summed E-state index contributed by atoms with van der Waals surface area (Å²) in [4.78, 5) is 14.9. The standard InChI is InChI=1S/C20H30N2OS/c1-20(2,3)16-8-6-15(7-9-16)18-5-4-11-22(18)19(23)13-17-14-24-12-10-21-17/h6-9,17-18,21H,4-5,10-14H2,1-3H3. The van der Waals surface area contributed by atoms with Crippen molar-refractivity contribution in [3.05, 3.63) is 35.4 Å². The normalized spacial score (nSPS) is 25.0. The third-order valence-electron chi connectivity index (χ3n) is 5.15. The summed E-state index contributed by atoms with van der Waals surface area (Å²) in [5.74, 6) is 2.54. The Balaban J connectivity index is 1.67. The highest BCUT2D eigenvalue weighted by atomic mass is 32.2. The second-order valence-electron chi connectivity index (χ2n) is 8.05. The molecule has 2 unspecified atom stereocenters. The molecule has 3 nitrogen and oxygen atoms in total. The van der Waals surface area contributed by atoms with E-state index in [1.165, 1.54) is 11.1 Å². The Labute approximate surface area is 150 Å². The fourth-order valence-electron chi connectivity index (χ4n) is 3.70. The SMILES string of the molecule is CC(C)(C)c1ccc(C2CCCN2C(=O)CC2CSCCN2)cc1. The molecule has 1 amide bonds. The van der Waals surface area contributed by atoms with E-state index in [0.717, 1.165) is 37.4 Å². The lowest BCUT2D eigenvalue weighted by Crippen LogP contribution is -2.42. The molecule has 1 aromatic rings. The van der Waals surface area contributed by atoms with E-state index in [9.17, 15) is 4.79 Å². The predicted molar refractivity (Wildman–Crippen MR) is 103 cm³/mol. The number of likely N-dealkylation sites (tertiary alicyclic amines) is 1. The van der Waals surface area contributed by atoms with Crippen molar-refractivity contribution in [1.29, 1.82) is 0 Å². The number of nitrogens with one attached hydrogen (secondary N) is 1. The first-order valence-corrected chi connectivity index (χ1v) is 10.3. The molecule has 0 aromatic heterocycles. The van der Waals surface area contributed by atoms with Gasteiger partial charge in [0.05, 0.1) is 6.04 Å². The smallest absolute Gasteiger partial charge is 0.224 e. The molecule has 2 atom stereocenters. The number of amides is 1. The quantitative estimate of drug-likeness (QED) is 0.905. The first-order valence-electron chi connectivity index (χ1n) is 9.16. The fraction of sp³-hybridized carbons (Fsp3) is 0.650. The second kappa shape index (κ2) is 7.49. The molecule has 2 heterocycles. The van der Waals surface area contributed by atoms with Crippen LogP contribution in [0.2, 0.25) is 0 Å². The van der Waals surface area contributed by atoms with E-state index in [4.69, 9.17) is 0 Å². The van der Waals surface area contributed by atoms with Crippen LogP contribution in [0.25, 0.3) is 0 Å². The highest BCUT2D eigenvalue weighted by Gasteiger charge is 2.31. The topological polar surface area (TPSA) is 32.3 Å². The van der Waals surface area contributed by atoms with E-state index in [1.54, 1.807) is 0 Å². The van der Waals surface area contributed by atoms with Crippen molar-refractivity contribution in [2.75, 3.05) is 24.6 Å². The van der Waals surface area contributed by atoms with E-state index in [2.05, 4.69) is 55.3 Å². The highest BCUT2D eigenvalue weighted by Crippen LogP contribution is 2.34. The molecule has 2 saturated heterocycles. The number of carbonyl (C=O) groups is 1. The average molecular weight is 347 g/mol. The van der Waals surface area contributed by atoms with Crippen LogP contribution < -0.4 is 5.32 Å². The second-order valence-corrected chi connectivity index (χ2v) is 9.20. The Morgan fingerprint density at radius 3 is 2.67 bits per heavy atom. The molecule has 2 aliphatic rings. The summed E-state index contributed by atoms with van der Waals surface area (Å²) < 4.78 is 0. The van der Waals surface area contributed by atoms with Gasteiger partial charge in [0.1, 0.15) is 0 Å². The molecule has 0 aliphatic carbocycles. The molecule has 3 rings (SSSR count). The molecule has 1 aromatic carbocycles. The number of benzene rings is 1. The van der Waals surface area contributed by atoms with Crippen molar-refractivity contribution in [3.63, 3.8) is 0 Å². The van der Waals surface area contributed by atoms with Gasteiger partial charge in [0.2, 0.25) is 5.91 Å². The molecule has 132 valence electrons. The van der Waals surface area contributed by atoms with Gasteiger partial charge in [0, 0.05) is 37.1 Å². The van der Waals surface area contributed by atoms with Crippen LogP contribution in [0.4, 0.5) is 0 Å². The van der Waals surface area contributed by atoms with E-state index >= 15 is 0 Å². The Morgan fingerprint density at radius 1 is 1.29 bits per heavy atom. The Kier molecular flexibility index (Phi) is 5.56. The van der Waals surface area contributed by atoms with E-state index in [1.807, 2.05) is 11.8 Å². The number of nitrogens with zero attached hydrogens (tertiary/aromatic N) is 1. The van der Waals surface area contributed by atoms with Gasteiger partial charge in [-0.2, -0.15) is 11.8 Å². The molecule has 0 radical (unpaired) electrons. The van der Waals surface area contributed by atoms with Gasteiger partial charge in [0.25, 0.3) is 0 Å². The van der Waals surface area contributed by atoms with Crippen LogP contribution in [0.15, 0.2) is 24.3 Å². The summed E-state index contributed by atoms with van der Waals surface area (Å²) in [6, 6.07) is 9.53. The summed E-state index contributed by atoms with van der Waals surface area (Å²) in [6.45, 7) is 8.65. The van der Waals surface area contributed by atoms with Crippen molar-refractivity contribution < 1.29 is 4.79 Å². The van der Waals surface area contributed by atoms with Crippen LogP contribution in [0.3, 0.4) is 0 Å². The van der Waals surface area contributed by atoms with E-state index in [-0.39, 0.29) is 11.5 Å². The first-order chi connectivity index (χ1) is 11.4. The minimum atomic E-state index is 0.175. The number of hydrogen-bond acceptors (Lipinski definition) is 3. The van der Waals surface area contributed by atoms with Gasteiger partial charge in [-0.15, -0.1) is 0 Å². The van der Waals surface area contributed by atoms with Crippen molar-refractivity contribution in [1.82, 2.24) is 10.2 Å². The van der Waals surface area contributed by atoms with Crippen molar-refractivity contribution in [2.45, 2.75) is 57.5 Å². The minimum absolute atomic E-state index is 0.175. The van der Waals surface area contributed by atoms with Gasteiger partial charge in [-0.05, 0) is 29.4 Å². The van der Waals surface area contributed by atoms with Crippen molar-refractivity contribution in [3.8, 4) is 0 Å². The predicted octanol–water partition coefficient (Wildman–Crippen LogP) is 3.74. The van der Waals surface area contributed by atoms with Crippen LogP contribution >= 0.6 is 11.8 Å². The molecule has 0 bridgehead atoms. The maximum absolute atomic E-state index is 12.8. The zero-order valence-electron chi connectivity index (χ0n) is 15.2. The summed E-state index contributed by atoms with van der Waals surface area (Å²) in [5, 5.41) is 3.48. The van der Waals surface area contributed by atoms with Crippen molar-refractivity contribution >= 4 is 17.7 Å². The summed E-state index contributed by atoms with van der Waals surface area (Å²) in [5.41, 5.74) is 2.82. The van der Waals surface area contributed by atoms with Gasteiger partial charge in [-0.1, -0.05) is 45.0 Å². The third kappa shape index (κ3) is 4.15. The summed E-state index contributed by atoms with van der Waals surface area (Å²) in [7, 11) is 0. The zero-order valence-corrected chi connectivity index (χ0v) is 16.0. The van der Waals surface area contributed by atoms with Gasteiger partial charge in [-0.3, -0.25) is 4.79 Å². The van der Waals surface area contributed by atoms with Crippen LogP contribution in [0, 0.1) is 0 Å². The fourth-order valence-corrected chi connectivity index (χ4v) is 4.64. The Hall–Kier alpha value is -1.00. The molecular weight excluding hydrogens is 316 g/mol. The lowest BCUT2D eigenvalue weighted by molar-refractivity contribution is -0.132. The summed E-state index contributed by atoms with van der Waals surface area (Å²) >= 11 is 1.96. The lowest BCUT2D eigenvalue weighted by atomic mass is 9.86. The van der Waals surface area contributed by atoms with Crippen molar-refractivity contribution in [2.24, 2.45) is 0 Å². The molecular formula is C20H30N2OS. The van der Waals surface area contributed by atoms with E-state index < -0.39 is 0 Å². The first kappa shape index (κ1) is 17.8. The maximum atomic E-state index is 12.8. The molecule has 24 heavy (non-hydrogen) atoms. The molecule has 2 fully saturated rings. The number of thioether (sulfide) groups is 1. The van der Waals surface area contributed by atoms with Crippen LogP contribution in [0.1, 0.15) is 57.2 Å². The summed E-state index contributed by atoms with van der Waals surface area (Å²) in [6.07, 6.45) is 2.85. The number of carbonyl (C=O) groups excluding carboxylic acids is 1. The molecule has 1 N–H and O–H groups in total. The zero-order chi connectivity index (χ0) is 17.2. The van der Waals surface area contributed by atoms with Gasteiger partial charge in [0.15, 0.2) is 0 Å². The van der Waals surface area contributed by atoms with Crippen LogP contribution in [-0.4, -0.2) is 41.4 Å². The van der Waals surface area contributed by atoms with Crippen LogP contribution in [-0.2, 0) is 10.2 Å². The van der Waals surface area contributed by atoms with Gasteiger partial charge in [-0.25, -0.2) is 0 Å². The Morgan fingerprint density at radius 2 is 2.04 bits per heavy atom. The highest BCUT2D eigenvalue weighted by molar-refractivity contribution is 7.99. The molecule has 4 heteroatoms. The number of hydrogen-bond donors (Lipinski definition) is 1. The van der Waals surface area contributed by atoms with E-state index in [0.29, 0.717) is 18.4 Å². The maximum Gasteiger partial charge on any atom is 0.224 e. The minimum Gasteiger partial charge on any atom is -0.336 e. The van der Waals surface area contributed by atoms with Crippen LogP contribution in [0.5, 0.6) is 0 Å². The van der Waals surface area contributed by atoms with Gasteiger partial charge >= 0.3 is 0 Å². The lowest BCUT2D eigenvalue weighted by Gasteiger charge is -2.29. The third-order valence-corrected chi connectivity index (χ3v) is 6.28. The monoisotopic (exact) mass is 346 g/mol. The molecule has 0 spiro atoms.